The zero-order valence-corrected chi connectivity index (χ0v) is 11.3. The first kappa shape index (κ1) is 12.2. The zero-order valence-electron chi connectivity index (χ0n) is 11.3. The van der Waals surface area contributed by atoms with Gasteiger partial charge in [0.1, 0.15) is 11.1 Å². The number of carbonyl (C=O) groups is 1. The normalized spacial score (nSPS) is 15.7. The number of aromatic amines is 1. The maximum Gasteiger partial charge on any atom is 0.285 e. The molecule has 3 heteroatoms. The molecule has 1 aliphatic heterocycles. The summed E-state index contributed by atoms with van der Waals surface area (Å²) in [5, 5.41) is 1.10. The Bertz CT molecular complexity index is 615. The number of H-pyrrole nitrogens is 1. The average molecular weight is 255 g/mol. The number of nitrogens with one attached hydrogen (secondary N) is 1. The number of aldehydes is 1. The van der Waals surface area contributed by atoms with Gasteiger partial charge in [0, 0.05) is 5.39 Å². The van der Waals surface area contributed by atoms with E-state index in [2.05, 4.69) is 35.0 Å². The number of benzene rings is 1. The van der Waals surface area contributed by atoms with Gasteiger partial charge in [-0.25, -0.2) is 4.98 Å². The van der Waals surface area contributed by atoms with Crippen LogP contribution in [0.15, 0.2) is 24.3 Å². The van der Waals surface area contributed by atoms with E-state index in [4.69, 9.17) is 0 Å². The molecule has 2 aromatic rings. The number of piperidine rings is 1. The molecular formula is C16H19N2O+. The summed E-state index contributed by atoms with van der Waals surface area (Å²) in [5.74, 6) is 0.978. The minimum absolute atomic E-state index is 0.764. The monoisotopic (exact) mass is 255 g/mol. The Morgan fingerprint density at radius 1 is 1.16 bits per heavy atom. The highest BCUT2D eigenvalue weighted by atomic mass is 16.1. The summed E-state index contributed by atoms with van der Waals surface area (Å²) in [7, 11) is 0. The standard InChI is InChI=1S/C16H18N2O/c1-12-5-6-15-13(9-12)10-14(11-19)16(17-15)18-7-3-2-4-8-18/h5-6,9-11H,2-4,7-8H2,1H3/p+1. The Hall–Kier alpha value is -1.90. The van der Waals surface area contributed by atoms with E-state index in [1.54, 1.807) is 0 Å². The van der Waals surface area contributed by atoms with Crippen LogP contribution in [0.3, 0.4) is 0 Å². The molecule has 1 aromatic carbocycles. The van der Waals surface area contributed by atoms with E-state index in [1.165, 1.54) is 24.8 Å². The third-order valence-corrected chi connectivity index (χ3v) is 3.84. The molecule has 0 bridgehead atoms. The van der Waals surface area contributed by atoms with E-state index < -0.39 is 0 Å². The van der Waals surface area contributed by atoms with E-state index in [1.807, 2.05) is 6.07 Å². The zero-order chi connectivity index (χ0) is 13.2. The fraction of sp³-hybridized carbons (Fsp3) is 0.375. The second-order valence-electron chi connectivity index (χ2n) is 5.33. The summed E-state index contributed by atoms with van der Waals surface area (Å²) in [6.07, 6.45) is 4.66. The van der Waals surface area contributed by atoms with Crippen molar-refractivity contribution in [1.29, 1.82) is 0 Å². The van der Waals surface area contributed by atoms with Crippen molar-refractivity contribution >= 4 is 23.0 Å². The summed E-state index contributed by atoms with van der Waals surface area (Å²) in [6.45, 7) is 4.14. The van der Waals surface area contributed by atoms with Gasteiger partial charge in [-0.2, -0.15) is 0 Å². The number of fused-ring (bicyclic) bond motifs is 1. The largest absolute Gasteiger partial charge is 0.298 e. The Balaban J connectivity index is 2.11. The second kappa shape index (κ2) is 5.00. The van der Waals surface area contributed by atoms with Crippen LogP contribution in [0.25, 0.3) is 10.9 Å². The molecule has 0 spiro atoms. The van der Waals surface area contributed by atoms with Gasteiger partial charge in [-0.15, -0.1) is 0 Å². The van der Waals surface area contributed by atoms with Crippen molar-refractivity contribution in [2.75, 3.05) is 18.0 Å². The maximum absolute atomic E-state index is 11.4. The first-order valence-corrected chi connectivity index (χ1v) is 6.95. The van der Waals surface area contributed by atoms with E-state index in [0.717, 1.165) is 41.7 Å². The number of hydrogen-bond donors (Lipinski definition) is 0. The molecule has 3 nitrogen and oxygen atoms in total. The topological polar surface area (TPSA) is 34.5 Å². The smallest absolute Gasteiger partial charge is 0.285 e. The minimum Gasteiger partial charge on any atom is -0.298 e. The van der Waals surface area contributed by atoms with Crippen LogP contribution in [-0.4, -0.2) is 19.4 Å². The van der Waals surface area contributed by atoms with Gasteiger partial charge in [0.25, 0.3) is 5.82 Å². The first-order valence-electron chi connectivity index (χ1n) is 6.95. The molecular weight excluding hydrogens is 236 g/mol. The molecule has 1 N–H and O–H groups in total. The van der Waals surface area contributed by atoms with Gasteiger partial charge in [-0.3, -0.25) is 9.69 Å². The number of aryl methyl sites for hydroxylation is 1. The molecule has 0 amide bonds. The lowest BCUT2D eigenvalue weighted by atomic mass is 10.1. The van der Waals surface area contributed by atoms with E-state index in [-0.39, 0.29) is 0 Å². The molecule has 1 fully saturated rings. The summed E-state index contributed by atoms with van der Waals surface area (Å²) in [5.41, 5.74) is 3.07. The van der Waals surface area contributed by atoms with Crippen LogP contribution in [0.2, 0.25) is 0 Å². The number of carbonyl (C=O) groups excluding carboxylic acids is 1. The molecule has 0 unspecified atom stereocenters. The Morgan fingerprint density at radius 2 is 1.95 bits per heavy atom. The predicted octanol–water partition coefficient (Wildman–Crippen LogP) is 2.77. The Kier molecular flexibility index (Phi) is 3.20. The number of aromatic nitrogens is 1. The van der Waals surface area contributed by atoms with Crippen LogP contribution in [0.5, 0.6) is 0 Å². The molecule has 98 valence electrons. The highest BCUT2D eigenvalue weighted by molar-refractivity contribution is 5.89. The number of pyridine rings is 1. The van der Waals surface area contributed by atoms with Crippen LogP contribution in [0.4, 0.5) is 5.82 Å². The Labute approximate surface area is 113 Å². The highest BCUT2D eigenvalue weighted by Gasteiger charge is 2.23. The number of nitrogens with zero attached hydrogens (tertiary/aromatic N) is 1. The van der Waals surface area contributed by atoms with Crippen LogP contribution in [0, 0.1) is 6.92 Å². The van der Waals surface area contributed by atoms with E-state index >= 15 is 0 Å². The summed E-state index contributed by atoms with van der Waals surface area (Å²) < 4.78 is 0. The molecule has 1 aromatic heterocycles. The quantitative estimate of drug-likeness (QED) is 0.773. The van der Waals surface area contributed by atoms with E-state index in [0.29, 0.717) is 0 Å². The van der Waals surface area contributed by atoms with Crippen molar-refractivity contribution in [3.8, 4) is 0 Å². The molecule has 1 saturated heterocycles. The van der Waals surface area contributed by atoms with Crippen molar-refractivity contribution in [3.05, 3.63) is 35.4 Å². The lowest BCUT2D eigenvalue weighted by Crippen LogP contribution is -2.35. The van der Waals surface area contributed by atoms with E-state index in [9.17, 15) is 4.79 Å². The third kappa shape index (κ3) is 2.33. The van der Waals surface area contributed by atoms with Gasteiger partial charge >= 0.3 is 0 Å². The summed E-state index contributed by atoms with van der Waals surface area (Å²) >= 11 is 0. The number of rotatable bonds is 2. The number of hydrogen-bond acceptors (Lipinski definition) is 2. The summed E-state index contributed by atoms with van der Waals surface area (Å²) in [6, 6.07) is 8.29. The minimum atomic E-state index is 0.764. The molecule has 19 heavy (non-hydrogen) atoms. The van der Waals surface area contributed by atoms with Gasteiger partial charge in [0.05, 0.1) is 13.1 Å². The highest BCUT2D eigenvalue weighted by Crippen LogP contribution is 2.22. The van der Waals surface area contributed by atoms with Gasteiger partial charge in [0.15, 0.2) is 6.29 Å². The van der Waals surface area contributed by atoms with Crippen molar-refractivity contribution in [1.82, 2.24) is 0 Å². The van der Waals surface area contributed by atoms with Crippen LogP contribution in [-0.2, 0) is 0 Å². The number of anilines is 1. The van der Waals surface area contributed by atoms with Crippen molar-refractivity contribution in [2.24, 2.45) is 0 Å². The van der Waals surface area contributed by atoms with Gasteiger partial charge in [-0.05, 0) is 44.4 Å². The molecule has 2 heterocycles. The van der Waals surface area contributed by atoms with Gasteiger partial charge in [-0.1, -0.05) is 11.6 Å². The molecule has 0 atom stereocenters. The lowest BCUT2D eigenvalue weighted by molar-refractivity contribution is -0.331. The average Bonchev–Trinajstić information content (AvgIpc) is 2.46. The van der Waals surface area contributed by atoms with Gasteiger partial charge in [0.2, 0.25) is 0 Å². The fourth-order valence-electron chi connectivity index (χ4n) is 2.82. The third-order valence-electron chi connectivity index (χ3n) is 3.84. The van der Waals surface area contributed by atoms with Crippen LogP contribution >= 0.6 is 0 Å². The van der Waals surface area contributed by atoms with Crippen molar-refractivity contribution in [3.63, 3.8) is 0 Å². The van der Waals surface area contributed by atoms with Gasteiger partial charge < -0.3 is 0 Å². The molecule has 1 aliphatic rings. The lowest BCUT2D eigenvalue weighted by Gasteiger charge is -2.22. The Morgan fingerprint density at radius 3 is 2.68 bits per heavy atom. The maximum atomic E-state index is 11.4. The van der Waals surface area contributed by atoms with Crippen LogP contribution < -0.4 is 9.88 Å². The SMILES string of the molecule is Cc1ccc2[nH+]c(N3CCCCC3)c(C=O)cc2c1. The fourth-order valence-corrected chi connectivity index (χ4v) is 2.82. The van der Waals surface area contributed by atoms with Crippen LogP contribution in [0.1, 0.15) is 35.2 Å². The first-order chi connectivity index (χ1) is 9.28. The molecule has 0 aliphatic carbocycles. The molecule has 0 radical (unpaired) electrons. The summed E-state index contributed by atoms with van der Waals surface area (Å²) in [4.78, 5) is 17.1. The predicted molar refractivity (Wildman–Crippen MR) is 76.7 cm³/mol. The molecule has 0 saturated carbocycles. The van der Waals surface area contributed by atoms with Crippen molar-refractivity contribution < 1.29 is 9.78 Å². The second-order valence-corrected chi connectivity index (χ2v) is 5.33. The van der Waals surface area contributed by atoms with Crippen molar-refractivity contribution in [2.45, 2.75) is 26.2 Å². The molecule has 3 rings (SSSR count).